The van der Waals surface area contributed by atoms with Gasteiger partial charge in [-0.3, -0.25) is 0 Å². The summed E-state index contributed by atoms with van der Waals surface area (Å²) in [5.41, 5.74) is 1.55. The van der Waals surface area contributed by atoms with E-state index in [1.807, 2.05) is 6.92 Å². The maximum Gasteiger partial charge on any atom is 0.131 e. The minimum Gasteiger partial charge on any atom is -0.387 e. The van der Waals surface area contributed by atoms with Gasteiger partial charge in [0.25, 0.3) is 0 Å². The number of aliphatic hydroxyl groups is 1. The lowest BCUT2D eigenvalue weighted by Crippen LogP contribution is -1.99. The third kappa shape index (κ3) is 2.09. The maximum atomic E-state index is 9.33. The number of halogens is 2. The average molecular weight is 206 g/mol. The van der Waals surface area contributed by atoms with Crippen LogP contribution < -0.4 is 0 Å². The van der Waals surface area contributed by atoms with E-state index in [0.29, 0.717) is 10.7 Å². The predicted octanol–water partition coefficient (Wildman–Crippen LogP) is 2.32. The zero-order valence-electron chi connectivity index (χ0n) is 6.59. The van der Waals surface area contributed by atoms with Crippen molar-refractivity contribution in [3.8, 4) is 0 Å². The molecule has 0 saturated carbocycles. The van der Waals surface area contributed by atoms with Crippen molar-refractivity contribution < 1.29 is 5.11 Å². The largest absolute Gasteiger partial charge is 0.387 e. The van der Waals surface area contributed by atoms with Crippen LogP contribution in [0.3, 0.4) is 0 Å². The molecule has 0 radical (unpaired) electrons. The molecule has 1 unspecified atom stereocenters. The Bertz CT molecular complexity index is 278. The van der Waals surface area contributed by atoms with Crippen LogP contribution in [-0.2, 0) is 0 Å². The number of hydrogen-bond acceptors (Lipinski definition) is 2. The highest BCUT2D eigenvalue weighted by Crippen LogP contribution is 2.18. The summed E-state index contributed by atoms with van der Waals surface area (Å²) in [6, 6.07) is 1.78. The lowest BCUT2D eigenvalue weighted by Gasteiger charge is -2.07. The molecular formula is C8H9Cl2NO. The highest BCUT2D eigenvalue weighted by Gasteiger charge is 2.07. The molecule has 0 aromatic carbocycles. The number of hydrogen-bond donors (Lipinski definition) is 1. The van der Waals surface area contributed by atoms with Gasteiger partial charge < -0.3 is 5.11 Å². The highest BCUT2D eigenvalue weighted by atomic mass is 35.5. The van der Waals surface area contributed by atoms with Crippen molar-refractivity contribution in [2.45, 2.75) is 13.0 Å². The summed E-state index contributed by atoms with van der Waals surface area (Å²) in [4.78, 5) is 3.89. The smallest absolute Gasteiger partial charge is 0.131 e. The van der Waals surface area contributed by atoms with Gasteiger partial charge in [-0.2, -0.15) is 0 Å². The van der Waals surface area contributed by atoms with Gasteiger partial charge in [-0.25, -0.2) is 4.98 Å². The second-order valence-corrected chi connectivity index (χ2v) is 3.21. The fourth-order valence-electron chi connectivity index (χ4n) is 0.851. The maximum absolute atomic E-state index is 9.33. The predicted molar refractivity (Wildman–Crippen MR) is 49.7 cm³/mol. The molecule has 12 heavy (non-hydrogen) atoms. The first kappa shape index (κ1) is 9.78. The van der Waals surface area contributed by atoms with Crippen molar-refractivity contribution in [1.29, 1.82) is 0 Å². The number of nitrogens with zero attached hydrogens (tertiary/aromatic N) is 1. The minimum absolute atomic E-state index is 0.169. The summed E-state index contributed by atoms with van der Waals surface area (Å²) in [5, 5.41) is 9.79. The van der Waals surface area contributed by atoms with Crippen LogP contribution in [-0.4, -0.2) is 16.0 Å². The number of aromatic nitrogens is 1. The Morgan fingerprint density at radius 1 is 1.67 bits per heavy atom. The molecule has 0 bridgehead atoms. The SMILES string of the molecule is Cc1cc(C(O)CCl)cnc1Cl. The van der Waals surface area contributed by atoms with E-state index in [9.17, 15) is 5.11 Å². The van der Waals surface area contributed by atoms with E-state index in [4.69, 9.17) is 23.2 Å². The molecule has 1 aromatic heterocycles. The van der Waals surface area contributed by atoms with Gasteiger partial charge in [0.05, 0.1) is 12.0 Å². The molecule has 1 rings (SSSR count). The molecule has 0 aliphatic rings. The monoisotopic (exact) mass is 205 g/mol. The number of aliphatic hydroxyl groups excluding tert-OH is 1. The van der Waals surface area contributed by atoms with Crippen LogP contribution in [0.5, 0.6) is 0 Å². The highest BCUT2D eigenvalue weighted by molar-refractivity contribution is 6.30. The van der Waals surface area contributed by atoms with Crippen LogP contribution in [0.25, 0.3) is 0 Å². The first-order chi connectivity index (χ1) is 5.65. The molecule has 1 heterocycles. The van der Waals surface area contributed by atoms with Crippen LogP contribution in [0.2, 0.25) is 5.15 Å². The summed E-state index contributed by atoms with van der Waals surface area (Å²) >= 11 is 11.2. The normalized spacial score (nSPS) is 13.0. The van der Waals surface area contributed by atoms with Crippen LogP contribution in [0, 0.1) is 6.92 Å². The van der Waals surface area contributed by atoms with Crippen molar-refractivity contribution in [1.82, 2.24) is 4.98 Å². The summed E-state index contributed by atoms with van der Waals surface area (Å²) < 4.78 is 0. The molecule has 0 aliphatic carbocycles. The van der Waals surface area contributed by atoms with E-state index < -0.39 is 6.10 Å². The zero-order valence-corrected chi connectivity index (χ0v) is 8.10. The van der Waals surface area contributed by atoms with E-state index in [2.05, 4.69) is 4.98 Å². The summed E-state index contributed by atoms with van der Waals surface area (Å²) in [5.74, 6) is 0.169. The summed E-state index contributed by atoms with van der Waals surface area (Å²) in [6.45, 7) is 1.83. The second-order valence-electron chi connectivity index (χ2n) is 2.55. The Balaban J connectivity index is 2.96. The van der Waals surface area contributed by atoms with Gasteiger partial charge in [0.15, 0.2) is 0 Å². The van der Waals surface area contributed by atoms with Crippen LogP contribution in [0.15, 0.2) is 12.3 Å². The molecule has 4 heteroatoms. The number of aryl methyl sites for hydroxylation is 1. The molecule has 2 nitrogen and oxygen atoms in total. The standard InChI is InChI=1S/C8H9Cl2NO/c1-5-2-6(7(12)3-9)4-11-8(5)10/h2,4,7,12H,3H2,1H3. The van der Waals surface area contributed by atoms with Crippen molar-refractivity contribution in [3.05, 3.63) is 28.5 Å². The lowest BCUT2D eigenvalue weighted by atomic mass is 10.1. The molecule has 0 saturated heterocycles. The Labute approximate surface area is 81.1 Å². The molecule has 1 aromatic rings. The molecule has 0 amide bonds. The number of rotatable bonds is 2. The van der Waals surface area contributed by atoms with E-state index >= 15 is 0 Å². The molecule has 1 atom stereocenters. The first-order valence-corrected chi connectivity index (χ1v) is 4.42. The quantitative estimate of drug-likeness (QED) is 0.594. The molecule has 1 N–H and O–H groups in total. The summed E-state index contributed by atoms with van der Waals surface area (Å²) in [7, 11) is 0. The van der Waals surface area contributed by atoms with Gasteiger partial charge in [0.1, 0.15) is 5.15 Å². The molecule has 0 fully saturated rings. The van der Waals surface area contributed by atoms with Gasteiger partial charge in [-0.05, 0) is 18.6 Å². The molecule has 66 valence electrons. The van der Waals surface area contributed by atoms with Gasteiger partial charge in [-0.1, -0.05) is 11.6 Å². The Morgan fingerprint density at radius 3 is 2.83 bits per heavy atom. The van der Waals surface area contributed by atoms with E-state index in [0.717, 1.165) is 5.56 Å². The molecule has 0 aliphatic heterocycles. The summed E-state index contributed by atoms with van der Waals surface area (Å²) in [6.07, 6.45) is 0.873. The van der Waals surface area contributed by atoms with E-state index in [-0.39, 0.29) is 5.88 Å². The Kier molecular flexibility index (Phi) is 3.32. The third-order valence-corrected chi connectivity index (χ3v) is 2.25. The van der Waals surface area contributed by atoms with Crippen molar-refractivity contribution in [3.63, 3.8) is 0 Å². The fourth-order valence-corrected chi connectivity index (χ4v) is 1.13. The number of alkyl halides is 1. The van der Waals surface area contributed by atoms with Gasteiger partial charge >= 0.3 is 0 Å². The van der Waals surface area contributed by atoms with Crippen molar-refractivity contribution in [2.75, 3.05) is 5.88 Å². The van der Waals surface area contributed by atoms with Gasteiger partial charge in [-0.15, -0.1) is 11.6 Å². The lowest BCUT2D eigenvalue weighted by molar-refractivity contribution is 0.202. The zero-order chi connectivity index (χ0) is 9.14. The van der Waals surface area contributed by atoms with E-state index in [1.165, 1.54) is 6.20 Å². The number of pyridine rings is 1. The molecule has 0 spiro atoms. The van der Waals surface area contributed by atoms with Crippen LogP contribution in [0.1, 0.15) is 17.2 Å². The third-order valence-electron chi connectivity index (χ3n) is 1.57. The van der Waals surface area contributed by atoms with Crippen molar-refractivity contribution >= 4 is 23.2 Å². The minimum atomic E-state index is -0.657. The van der Waals surface area contributed by atoms with Gasteiger partial charge in [0.2, 0.25) is 0 Å². The average Bonchev–Trinajstić information content (AvgIpc) is 2.08. The van der Waals surface area contributed by atoms with Crippen LogP contribution in [0.4, 0.5) is 0 Å². The van der Waals surface area contributed by atoms with E-state index in [1.54, 1.807) is 6.07 Å². The fraction of sp³-hybridized carbons (Fsp3) is 0.375. The van der Waals surface area contributed by atoms with Crippen molar-refractivity contribution in [2.24, 2.45) is 0 Å². The Morgan fingerprint density at radius 2 is 2.33 bits per heavy atom. The second kappa shape index (κ2) is 4.08. The first-order valence-electron chi connectivity index (χ1n) is 3.51. The van der Waals surface area contributed by atoms with Gasteiger partial charge in [0, 0.05) is 11.8 Å². The Hall–Kier alpha value is -0.310. The van der Waals surface area contributed by atoms with Crippen LogP contribution >= 0.6 is 23.2 Å². The topological polar surface area (TPSA) is 33.1 Å². The molecular weight excluding hydrogens is 197 g/mol.